The second-order valence-electron chi connectivity index (χ2n) is 8.33. The number of hydrogen-bond donors (Lipinski definition) is 6. The van der Waals surface area contributed by atoms with Gasteiger partial charge in [-0.2, -0.15) is 8.62 Å². The third kappa shape index (κ3) is 8.02. The number of aryl methyl sites for hydroxylation is 1. The Balaban J connectivity index is 1.72. The predicted octanol–water partition coefficient (Wildman–Crippen LogP) is 0.590. The Bertz CT molecular complexity index is 1430. The van der Waals surface area contributed by atoms with E-state index >= 15 is 0 Å². The van der Waals surface area contributed by atoms with Crippen molar-refractivity contribution in [3.05, 3.63) is 62.4 Å². The molecule has 0 bridgehead atoms. The van der Waals surface area contributed by atoms with Crippen LogP contribution in [0, 0.1) is 6.92 Å². The van der Waals surface area contributed by atoms with E-state index in [0.717, 1.165) is 21.9 Å². The summed E-state index contributed by atoms with van der Waals surface area (Å²) < 4.78 is 58.0. The van der Waals surface area contributed by atoms with Gasteiger partial charge in [0.2, 0.25) is 5.75 Å². The molecule has 0 saturated carbocycles. The van der Waals surface area contributed by atoms with Gasteiger partial charge in [0.15, 0.2) is 0 Å². The Morgan fingerprint density at radius 3 is 2.39 bits per heavy atom. The van der Waals surface area contributed by atoms with Crippen LogP contribution in [-0.2, 0) is 43.9 Å². The monoisotopic (exact) mass is 602 g/mol. The first-order chi connectivity index (χ1) is 17.4. The highest BCUT2D eigenvalue weighted by atomic mass is 31.3. The normalized spacial score (nSPS) is 25.0. The zero-order chi connectivity index (χ0) is 28.5. The van der Waals surface area contributed by atoms with Crippen molar-refractivity contribution in [3.8, 4) is 5.75 Å². The minimum atomic E-state index is -5.73. The lowest BCUT2D eigenvalue weighted by Gasteiger charge is -2.27. The van der Waals surface area contributed by atoms with E-state index in [2.05, 4.69) is 18.1 Å². The van der Waals surface area contributed by atoms with Crippen LogP contribution >= 0.6 is 23.5 Å². The minimum Gasteiger partial charge on any atom is -0.482 e. The largest absolute Gasteiger partial charge is 0.490 e. The number of phosphoric acid groups is 3. The van der Waals surface area contributed by atoms with Crippen LogP contribution in [0.15, 0.2) is 40.1 Å². The quantitative estimate of drug-likeness (QED) is 0.192. The van der Waals surface area contributed by atoms with Crippen molar-refractivity contribution in [2.45, 2.75) is 44.8 Å². The van der Waals surface area contributed by atoms with Gasteiger partial charge < -0.3 is 34.2 Å². The maximum Gasteiger partial charge on any atom is 0.490 e. The Kier molecular flexibility index (Phi) is 9.06. The highest BCUT2D eigenvalue weighted by Crippen LogP contribution is 2.66. The first kappa shape index (κ1) is 30.6. The van der Waals surface area contributed by atoms with E-state index in [9.17, 15) is 38.2 Å². The Hall–Kier alpha value is -1.97. The van der Waals surface area contributed by atoms with E-state index in [0.29, 0.717) is 0 Å². The third-order valence-corrected chi connectivity index (χ3v) is 9.11. The molecule has 0 aliphatic carbocycles. The van der Waals surface area contributed by atoms with Crippen LogP contribution in [0.5, 0.6) is 5.75 Å². The SMILES string of the molecule is Cc1ccccc1COc1cn([C@@]2(C)C[C@H](O)[C@@H](COP(=O)(O)OP(=O)(O)OP(=O)(O)O)O2)c(=O)[nH]c1=O. The van der Waals surface area contributed by atoms with Gasteiger partial charge in [0.1, 0.15) is 18.4 Å². The standard InChI is InChI=1S/C18H25N2O15P3/c1-11-5-3-4-6-12(11)9-31-14-8-20(17(23)19-16(14)22)18(2)7-13(21)15(33-18)10-32-37(27,28)35-38(29,30)34-36(24,25)26/h3-6,8,13,15,21H,7,9-10H2,1-2H3,(H,27,28)(H,29,30)(H,19,22,23)(H2,24,25,26)/t13-,15+,18+/m0/s1. The van der Waals surface area contributed by atoms with E-state index in [-0.39, 0.29) is 18.8 Å². The molecule has 3 rings (SSSR count). The molecule has 1 aliphatic rings. The third-order valence-electron chi connectivity index (χ3n) is 5.30. The molecule has 6 N–H and O–H groups in total. The summed E-state index contributed by atoms with van der Waals surface area (Å²) in [6.45, 7) is 2.29. The smallest absolute Gasteiger partial charge is 0.482 e. The highest BCUT2D eigenvalue weighted by molar-refractivity contribution is 7.66. The Labute approximate surface area is 214 Å². The number of nitrogens with one attached hydrogen (secondary N) is 1. The molecule has 2 heterocycles. The molecule has 20 heteroatoms. The van der Waals surface area contributed by atoms with Crippen molar-refractivity contribution < 1.29 is 61.0 Å². The van der Waals surface area contributed by atoms with E-state index in [1.807, 2.05) is 19.1 Å². The topological polar surface area (TPSA) is 253 Å². The zero-order valence-electron chi connectivity index (χ0n) is 19.8. The second-order valence-corrected chi connectivity index (χ2v) is 12.7. The number of benzene rings is 1. The summed E-state index contributed by atoms with van der Waals surface area (Å²) in [5.74, 6) is -0.233. The first-order valence-corrected chi connectivity index (χ1v) is 15.1. The van der Waals surface area contributed by atoms with Gasteiger partial charge in [-0.1, -0.05) is 24.3 Å². The maximum atomic E-state index is 12.5. The molecule has 0 spiro atoms. The van der Waals surface area contributed by atoms with Crippen molar-refractivity contribution in [2.75, 3.05) is 6.61 Å². The molecular formula is C18H25N2O15P3. The average molecular weight is 602 g/mol. The Morgan fingerprint density at radius 2 is 1.76 bits per heavy atom. The van der Waals surface area contributed by atoms with E-state index < -0.39 is 59.3 Å². The fourth-order valence-corrected chi connectivity index (χ4v) is 6.61. The molecule has 2 aromatic rings. The lowest BCUT2D eigenvalue weighted by Crippen LogP contribution is -2.42. The average Bonchev–Trinajstić information content (AvgIpc) is 3.04. The molecule has 0 radical (unpaired) electrons. The molecule has 212 valence electrons. The van der Waals surface area contributed by atoms with Gasteiger partial charge in [-0.3, -0.25) is 18.9 Å². The van der Waals surface area contributed by atoms with E-state index in [1.165, 1.54) is 6.92 Å². The van der Waals surface area contributed by atoms with Gasteiger partial charge >= 0.3 is 29.2 Å². The van der Waals surface area contributed by atoms with Crippen molar-refractivity contribution >= 4 is 23.5 Å². The van der Waals surface area contributed by atoms with Gasteiger partial charge in [-0.25, -0.2) is 18.5 Å². The number of H-pyrrole nitrogens is 1. The number of aliphatic hydroxyl groups is 1. The van der Waals surface area contributed by atoms with E-state index in [4.69, 9.17) is 19.3 Å². The number of aromatic nitrogens is 2. The first-order valence-electron chi connectivity index (χ1n) is 10.6. The van der Waals surface area contributed by atoms with Crippen LogP contribution in [-0.4, -0.2) is 53.0 Å². The lowest BCUT2D eigenvalue weighted by molar-refractivity contribution is -0.107. The van der Waals surface area contributed by atoms with Crippen LogP contribution < -0.4 is 16.0 Å². The summed E-state index contributed by atoms with van der Waals surface area (Å²) >= 11 is 0. The van der Waals surface area contributed by atoms with Gasteiger partial charge in [-0.05, 0) is 25.0 Å². The summed E-state index contributed by atoms with van der Waals surface area (Å²) in [4.78, 5) is 62.9. The predicted molar refractivity (Wildman–Crippen MR) is 126 cm³/mol. The lowest BCUT2D eigenvalue weighted by atomic mass is 10.1. The van der Waals surface area contributed by atoms with Crippen molar-refractivity contribution in [1.29, 1.82) is 0 Å². The molecule has 17 nitrogen and oxygen atoms in total. The minimum absolute atomic E-state index is 0.0108. The number of nitrogens with zero attached hydrogens (tertiary/aromatic N) is 1. The highest BCUT2D eigenvalue weighted by Gasteiger charge is 2.47. The molecule has 1 fully saturated rings. The molecule has 1 saturated heterocycles. The Morgan fingerprint density at radius 1 is 1.11 bits per heavy atom. The number of ether oxygens (including phenoxy) is 2. The van der Waals surface area contributed by atoms with Gasteiger partial charge in [0.25, 0.3) is 5.56 Å². The molecular weight excluding hydrogens is 577 g/mol. The molecule has 0 amide bonds. The van der Waals surface area contributed by atoms with Gasteiger partial charge in [0, 0.05) is 6.42 Å². The summed E-state index contributed by atoms with van der Waals surface area (Å²) in [5.41, 5.74) is -1.65. The fourth-order valence-electron chi connectivity index (χ4n) is 3.58. The van der Waals surface area contributed by atoms with Crippen LogP contribution in [0.1, 0.15) is 24.5 Å². The molecule has 5 atom stereocenters. The maximum absolute atomic E-state index is 12.5. The summed E-state index contributed by atoms with van der Waals surface area (Å²) in [6.07, 6.45) is -2.01. The molecule has 38 heavy (non-hydrogen) atoms. The number of hydrogen-bond acceptors (Lipinski definition) is 11. The summed E-state index contributed by atoms with van der Waals surface area (Å²) in [7, 11) is -16.8. The number of aromatic amines is 1. The molecule has 1 aliphatic heterocycles. The number of phosphoric ester groups is 1. The van der Waals surface area contributed by atoms with Gasteiger partial charge in [-0.15, -0.1) is 0 Å². The van der Waals surface area contributed by atoms with Crippen molar-refractivity contribution in [2.24, 2.45) is 0 Å². The van der Waals surface area contributed by atoms with Crippen molar-refractivity contribution in [1.82, 2.24) is 9.55 Å². The molecule has 2 unspecified atom stereocenters. The fraction of sp³-hybridized carbons (Fsp3) is 0.444. The van der Waals surface area contributed by atoms with Crippen LogP contribution in [0.2, 0.25) is 0 Å². The second kappa shape index (κ2) is 11.3. The van der Waals surface area contributed by atoms with Crippen LogP contribution in [0.25, 0.3) is 0 Å². The summed E-state index contributed by atoms with van der Waals surface area (Å²) in [5, 5.41) is 10.4. The van der Waals surface area contributed by atoms with E-state index in [1.54, 1.807) is 12.1 Å². The van der Waals surface area contributed by atoms with Crippen molar-refractivity contribution in [3.63, 3.8) is 0 Å². The van der Waals surface area contributed by atoms with Gasteiger partial charge in [0.05, 0.1) is 18.9 Å². The molecule has 1 aromatic heterocycles. The van der Waals surface area contributed by atoms with Crippen LogP contribution in [0.4, 0.5) is 0 Å². The summed E-state index contributed by atoms with van der Waals surface area (Å²) in [6, 6.07) is 7.25. The number of rotatable bonds is 11. The molecule has 1 aromatic carbocycles. The van der Waals surface area contributed by atoms with Crippen LogP contribution in [0.3, 0.4) is 0 Å². The zero-order valence-corrected chi connectivity index (χ0v) is 22.5. The number of aliphatic hydroxyl groups excluding tert-OH is 1.